The second-order valence-electron chi connectivity index (χ2n) is 5.49. The van der Waals surface area contributed by atoms with E-state index in [1.165, 1.54) is 25.7 Å². The first kappa shape index (κ1) is 13.7. The zero-order valence-corrected chi connectivity index (χ0v) is 11.7. The Morgan fingerprint density at radius 3 is 2.84 bits per heavy atom. The van der Waals surface area contributed by atoms with E-state index in [0.29, 0.717) is 17.3 Å². The number of rotatable bonds is 3. The molecule has 1 aliphatic carbocycles. The summed E-state index contributed by atoms with van der Waals surface area (Å²) < 4.78 is 0. The number of carbonyl (C=O) groups excluding carboxylic acids is 1. The molecule has 4 nitrogen and oxygen atoms in total. The van der Waals surface area contributed by atoms with Crippen molar-refractivity contribution in [2.24, 2.45) is 5.92 Å². The van der Waals surface area contributed by atoms with Crippen molar-refractivity contribution in [1.29, 1.82) is 0 Å². The second kappa shape index (κ2) is 5.95. The van der Waals surface area contributed by atoms with Crippen LogP contribution in [0, 0.1) is 5.92 Å². The topological polar surface area (TPSA) is 67.2 Å². The predicted molar refractivity (Wildman–Crippen MR) is 79.3 cm³/mol. The molecule has 0 bridgehead atoms. The first-order valence-electron chi connectivity index (χ1n) is 6.98. The highest BCUT2D eigenvalue weighted by Crippen LogP contribution is 2.28. The van der Waals surface area contributed by atoms with E-state index in [-0.39, 0.29) is 5.91 Å². The molecule has 2 unspecified atom stereocenters. The molecule has 1 aromatic carbocycles. The Morgan fingerprint density at radius 1 is 1.37 bits per heavy atom. The maximum Gasteiger partial charge on any atom is 0.251 e. The molecule has 104 valence electrons. The fourth-order valence-electron chi connectivity index (χ4n) is 2.75. The van der Waals surface area contributed by atoms with Gasteiger partial charge in [-0.2, -0.15) is 0 Å². The number of nitrogens with one attached hydrogen (secondary N) is 2. The normalized spacial score (nSPS) is 22.8. The average molecular weight is 261 g/mol. The zero-order chi connectivity index (χ0) is 13.8. The molecule has 1 saturated carbocycles. The first-order valence-corrected chi connectivity index (χ1v) is 6.98. The van der Waals surface area contributed by atoms with Gasteiger partial charge in [0.15, 0.2) is 0 Å². The van der Waals surface area contributed by atoms with Crippen LogP contribution in [0.2, 0.25) is 0 Å². The SMILES string of the molecule is CNC(=O)c1ccc(N)c(NC2CCCC(C)C2)c1. The highest BCUT2D eigenvalue weighted by atomic mass is 16.1. The van der Waals surface area contributed by atoms with E-state index in [0.717, 1.165) is 11.6 Å². The summed E-state index contributed by atoms with van der Waals surface area (Å²) in [6, 6.07) is 5.85. The van der Waals surface area contributed by atoms with Crippen LogP contribution >= 0.6 is 0 Å². The van der Waals surface area contributed by atoms with E-state index in [1.54, 1.807) is 19.2 Å². The summed E-state index contributed by atoms with van der Waals surface area (Å²) in [5.74, 6) is 0.676. The molecule has 0 radical (unpaired) electrons. The highest BCUT2D eigenvalue weighted by Gasteiger charge is 2.19. The summed E-state index contributed by atoms with van der Waals surface area (Å²) in [4.78, 5) is 11.6. The molecular formula is C15H23N3O. The van der Waals surface area contributed by atoms with E-state index in [1.807, 2.05) is 6.07 Å². The van der Waals surface area contributed by atoms with E-state index in [9.17, 15) is 4.79 Å². The molecule has 0 aliphatic heterocycles. The van der Waals surface area contributed by atoms with Crippen molar-refractivity contribution < 1.29 is 4.79 Å². The third-order valence-corrected chi connectivity index (χ3v) is 3.84. The Hall–Kier alpha value is -1.71. The lowest BCUT2D eigenvalue weighted by Crippen LogP contribution is -2.27. The van der Waals surface area contributed by atoms with E-state index >= 15 is 0 Å². The molecule has 0 heterocycles. The van der Waals surface area contributed by atoms with Gasteiger partial charge in [0, 0.05) is 18.7 Å². The van der Waals surface area contributed by atoms with Crippen LogP contribution in [0.1, 0.15) is 43.0 Å². The van der Waals surface area contributed by atoms with Crippen LogP contribution in [0.15, 0.2) is 18.2 Å². The number of carbonyl (C=O) groups is 1. The average Bonchev–Trinajstić information content (AvgIpc) is 2.40. The number of hydrogen-bond donors (Lipinski definition) is 3. The summed E-state index contributed by atoms with van der Waals surface area (Å²) in [5, 5.41) is 6.13. The molecule has 19 heavy (non-hydrogen) atoms. The minimum Gasteiger partial charge on any atom is -0.397 e. The van der Waals surface area contributed by atoms with Crippen LogP contribution < -0.4 is 16.4 Å². The third-order valence-electron chi connectivity index (χ3n) is 3.84. The van der Waals surface area contributed by atoms with Crippen LogP contribution in [0.3, 0.4) is 0 Å². The maximum atomic E-state index is 11.6. The van der Waals surface area contributed by atoms with E-state index < -0.39 is 0 Å². The summed E-state index contributed by atoms with van der Waals surface area (Å²) in [7, 11) is 1.63. The summed E-state index contributed by atoms with van der Waals surface area (Å²) in [6.45, 7) is 2.29. The quantitative estimate of drug-likeness (QED) is 0.733. The molecule has 0 saturated heterocycles. The van der Waals surface area contributed by atoms with Crippen LogP contribution in [0.4, 0.5) is 11.4 Å². The fourth-order valence-corrected chi connectivity index (χ4v) is 2.75. The lowest BCUT2D eigenvalue weighted by Gasteiger charge is -2.28. The van der Waals surface area contributed by atoms with Crippen molar-refractivity contribution in [3.05, 3.63) is 23.8 Å². The Morgan fingerprint density at radius 2 is 2.16 bits per heavy atom. The van der Waals surface area contributed by atoms with Crippen molar-refractivity contribution in [2.45, 2.75) is 38.6 Å². The van der Waals surface area contributed by atoms with Crippen molar-refractivity contribution >= 4 is 17.3 Å². The molecule has 0 spiro atoms. The van der Waals surface area contributed by atoms with Gasteiger partial charge in [0.05, 0.1) is 11.4 Å². The maximum absolute atomic E-state index is 11.6. The van der Waals surface area contributed by atoms with Crippen molar-refractivity contribution in [3.8, 4) is 0 Å². The number of nitrogen functional groups attached to an aromatic ring is 1. The molecule has 1 amide bonds. The molecule has 2 atom stereocenters. The fraction of sp³-hybridized carbons (Fsp3) is 0.533. The predicted octanol–water partition coefficient (Wildman–Crippen LogP) is 2.62. The van der Waals surface area contributed by atoms with Gasteiger partial charge in [-0.1, -0.05) is 19.8 Å². The minimum atomic E-state index is -0.0833. The molecule has 2 rings (SSSR count). The van der Waals surface area contributed by atoms with Gasteiger partial charge in [-0.3, -0.25) is 4.79 Å². The number of anilines is 2. The van der Waals surface area contributed by atoms with Crippen LogP contribution in [0.5, 0.6) is 0 Å². The summed E-state index contributed by atoms with van der Waals surface area (Å²) >= 11 is 0. The van der Waals surface area contributed by atoms with Crippen molar-refractivity contribution in [3.63, 3.8) is 0 Å². The number of hydrogen-bond acceptors (Lipinski definition) is 3. The molecule has 4 N–H and O–H groups in total. The molecule has 1 aromatic rings. The van der Waals surface area contributed by atoms with Gasteiger partial charge < -0.3 is 16.4 Å². The largest absolute Gasteiger partial charge is 0.397 e. The molecule has 1 fully saturated rings. The number of benzene rings is 1. The van der Waals surface area contributed by atoms with Crippen LogP contribution in [-0.2, 0) is 0 Å². The first-order chi connectivity index (χ1) is 9.10. The van der Waals surface area contributed by atoms with Gasteiger partial charge in [-0.25, -0.2) is 0 Å². The monoisotopic (exact) mass is 261 g/mol. The van der Waals surface area contributed by atoms with Gasteiger partial charge in [-0.05, 0) is 37.0 Å². The third kappa shape index (κ3) is 3.40. The zero-order valence-electron chi connectivity index (χ0n) is 11.7. The molecule has 0 aromatic heterocycles. The number of amides is 1. The van der Waals surface area contributed by atoms with E-state index in [4.69, 9.17) is 5.73 Å². The Balaban J connectivity index is 2.12. The van der Waals surface area contributed by atoms with Gasteiger partial charge in [0.1, 0.15) is 0 Å². The van der Waals surface area contributed by atoms with Crippen molar-refractivity contribution in [2.75, 3.05) is 18.1 Å². The summed E-state index contributed by atoms with van der Waals surface area (Å²) in [6.07, 6.45) is 4.91. The van der Waals surface area contributed by atoms with E-state index in [2.05, 4.69) is 17.6 Å². The van der Waals surface area contributed by atoms with Gasteiger partial charge >= 0.3 is 0 Å². The smallest absolute Gasteiger partial charge is 0.251 e. The highest BCUT2D eigenvalue weighted by molar-refractivity contribution is 5.96. The van der Waals surface area contributed by atoms with Gasteiger partial charge in [0.25, 0.3) is 5.91 Å². The molecule has 1 aliphatic rings. The minimum absolute atomic E-state index is 0.0833. The lowest BCUT2D eigenvalue weighted by molar-refractivity contribution is 0.0963. The standard InChI is InChI=1S/C15H23N3O/c1-10-4-3-5-12(8-10)18-14-9-11(15(19)17-2)6-7-13(14)16/h6-7,9-10,12,18H,3-5,8,16H2,1-2H3,(H,17,19). The Kier molecular flexibility index (Phi) is 4.30. The Labute approximate surface area is 114 Å². The lowest BCUT2D eigenvalue weighted by atomic mass is 9.87. The Bertz CT molecular complexity index is 459. The second-order valence-corrected chi connectivity index (χ2v) is 5.49. The summed E-state index contributed by atoms with van der Waals surface area (Å²) in [5.41, 5.74) is 8.21. The number of nitrogens with two attached hydrogens (primary N) is 1. The van der Waals surface area contributed by atoms with Crippen LogP contribution in [-0.4, -0.2) is 19.0 Å². The van der Waals surface area contributed by atoms with Gasteiger partial charge in [0.2, 0.25) is 0 Å². The van der Waals surface area contributed by atoms with Gasteiger partial charge in [-0.15, -0.1) is 0 Å². The van der Waals surface area contributed by atoms with Crippen molar-refractivity contribution in [1.82, 2.24) is 5.32 Å². The van der Waals surface area contributed by atoms with Crippen LogP contribution in [0.25, 0.3) is 0 Å². The molecule has 4 heteroatoms. The molecular weight excluding hydrogens is 238 g/mol.